The van der Waals surface area contributed by atoms with Gasteiger partial charge < -0.3 is 9.26 Å². The average Bonchev–Trinajstić information content (AvgIpc) is 2.50. The fraction of sp³-hybridized carbons (Fsp3) is 0.143. The standard InChI is InChI=1S/C7H6N2O2/c1-10-6-2-3-8-5-4-9-11-7(5)6/h2-4H,1H3. The summed E-state index contributed by atoms with van der Waals surface area (Å²) in [5.41, 5.74) is 1.30. The van der Waals surface area contributed by atoms with Crippen LogP contribution in [-0.4, -0.2) is 17.3 Å². The Bertz CT molecular complexity index is 369. The largest absolute Gasteiger partial charge is 0.493 e. The van der Waals surface area contributed by atoms with Crippen molar-refractivity contribution in [2.24, 2.45) is 0 Å². The molecule has 4 heteroatoms. The highest BCUT2D eigenvalue weighted by atomic mass is 16.5. The van der Waals surface area contributed by atoms with Gasteiger partial charge in [-0.1, -0.05) is 5.16 Å². The lowest BCUT2D eigenvalue weighted by molar-refractivity contribution is 0.392. The second-order valence-corrected chi connectivity index (χ2v) is 2.05. The van der Waals surface area contributed by atoms with E-state index in [-0.39, 0.29) is 0 Å². The predicted molar refractivity (Wildman–Crippen MR) is 38.4 cm³/mol. The topological polar surface area (TPSA) is 48.2 Å². The van der Waals surface area contributed by atoms with Gasteiger partial charge >= 0.3 is 0 Å². The van der Waals surface area contributed by atoms with Gasteiger partial charge in [0.25, 0.3) is 0 Å². The van der Waals surface area contributed by atoms with Crippen LogP contribution in [0.2, 0.25) is 0 Å². The maximum atomic E-state index is 5.01. The van der Waals surface area contributed by atoms with Crippen molar-refractivity contribution in [2.45, 2.75) is 0 Å². The van der Waals surface area contributed by atoms with Crippen LogP contribution in [0.4, 0.5) is 0 Å². The lowest BCUT2D eigenvalue weighted by Crippen LogP contribution is -1.83. The van der Waals surface area contributed by atoms with E-state index >= 15 is 0 Å². The maximum Gasteiger partial charge on any atom is 0.226 e. The summed E-state index contributed by atoms with van der Waals surface area (Å²) in [6, 6.07) is 1.73. The van der Waals surface area contributed by atoms with E-state index in [1.807, 2.05) is 0 Å². The third kappa shape index (κ3) is 0.832. The lowest BCUT2D eigenvalue weighted by Gasteiger charge is -1.95. The molecule has 0 unspecified atom stereocenters. The van der Waals surface area contributed by atoms with E-state index in [0.29, 0.717) is 16.8 Å². The molecule has 11 heavy (non-hydrogen) atoms. The number of rotatable bonds is 1. The first-order valence-corrected chi connectivity index (χ1v) is 3.15. The number of aromatic nitrogens is 2. The van der Waals surface area contributed by atoms with E-state index in [0.717, 1.165) is 0 Å². The van der Waals surface area contributed by atoms with Crippen LogP contribution in [0.1, 0.15) is 0 Å². The Kier molecular flexibility index (Phi) is 1.25. The number of ether oxygens (including phenoxy) is 1. The third-order valence-electron chi connectivity index (χ3n) is 1.43. The molecule has 0 aliphatic rings. The molecule has 56 valence electrons. The summed E-state index contributed by atoms with van der Waals surface area (Å²) in [7, 11) is 1.58. The Morgan fingerprint density at radius 1 is 1.55 bits per heavy atom. The first-order valence-electron chi connectivity index (χ1n) is 3.15. The van der Waals surface area contributed by atoms with Crippen molar-refractivity contribution in [3.05, 3.63) is 18.5 Å². The smallest absolute Gasteiger partial charge is 0.226 e. The second-order valence-electron chi connectivity index (χ2n) is 2.05. The Hall–Kier alpha value is -1.58. The van der Waals surface area contributed by atoms with Crippen molar-refractivity contribution < 1.29 is 9.26 Å². The zero-order chi connectivity index (χ0) is 7.68. The highest BCUT2D eigenvalue weighted by Gasteiger charge is 2.04. The van der Waals surface area contributed by atoms with Gasteiger partial charge in [-0.25, -0.2) is 0 Å². The number of pyridine rings is 1. The van der Waals surface area contributed by atoms with E-state index in [1.165, 1.54) is 0 Å². The molecule has 2 aromatic heterocycles. The molecule has 0 amide bonds. The first-order chi connectivity index (χ1) is 5.42. The molecule has 2 rings (SSSR count). The molecule has 0 aliphatic heterocycles. The number of hydrogen-bond donors (Lipinski definition) is 0. The molecule has 0 bridgehead atoms. The highest BCUT2D eigenvalue weighted by molar-refractivity contribution is 5.77. The molecule has 0 fully saturated rings. The van der Waals surface area contributed by atoms with E-state index in [2.05, 4.69) is 10.1 Å². The van der Waals surface area contributed by atoms with Crippen LogP contribution in [-0.2, 0) is 0 Å². The molecule has 0 spiro atoms. The summed E-state index contributed by atoms with van der Waals surface area (Å²) in [4.78, 5) is 4.01. The summed E-state index contributed by atoms with van der Waals surface area (Å²) in [6.07, 6.45) is 3.20. The van der Waals surface area contributed by atoms with E-state index in [9.17, 15) is 0 Å². The van der Waals surface area contributed by atoms with Gasteiger partial charge in [-0.15, -0.1) is 0 Å². The van der Waals surface area contributed by atoms with Crippen LogP contribution in [0, 0.1) is 0 Å². The van der Waals surface area contributed by atoms with Crippen molar-refractivity contribution in [1.82, 2.24) is 10.1 Å². The molecule has 2 heterocycles. The number of fused-ring (bicyclic) bond motifs is 1. The molecule has 0 radical (unpaired) electrons. The Balaban J connectivity index is 2.79. The molecule has 4 nitrogen and oxygen atoms in total. The lowest BCUT2D eigenvalue weighted by atomic mass is 10.4. The zero-order valence-electron chi connectivity index (χ0n) is 5.94. The number of hydrogen-bond acceptors (Lipinski definition) is 4. The van der Waals surface area contributed by atoms with Gasteiger partial charge in [0, 0.05) is 12.3 Å². The van der Waals surface area contributed by atoms with Gasteiger partial charge in [-0.3, -0.25) is 4.98 Å². The van der Waals surface area contributed by atoms with Gasteiger partial charge in [0.05, 0.1) is 13.3 Å². The minimum absolute atomic E-state index is 0.593. The van der Waals surface area contributed by atoms with Gasteiger partial charge in [-0.2, -0.15) is 0 Å². The molecule has 0 aromatic carbocycles. The van der Waals surface area contributed by atoms with Crippen LogP contribution in [0.15, 0.2) is 23.0 Å². The number of nitrogens with zero attached hydrogens (tertiary/aromatic N) is 2. The predicted octanol–water partition coefficient (Wildman–Crippen LogP) is 1.23. The van der Waals surface area contributed by atoms with Crippen molar-refractivity contribution in [3.63, 3.8) is 0 Å². The van der Waals surface area contributed by atoms with Crippen molar-refractivity contribution >= 4 is 11.1 Å². The second kappa shape index (κ2) is 2.23. The molecule has 0 saturated heterocycles. The van der Waals surface area contributed by atoms with Crippen LogP contribution in [0.5, 0.6) is 5.75 Å². The summed E-state index contributed by atoms with van der Waals surface area (Å²) in [5, 5.41) is 3.59. The summed E-state index contributed by atoms with van der Waals surface area (Å²) >= 11 is 0. The normalized spacial score (nSPS) is 10.3. The maximum absolute atomic E-state index is 5.01. The molecule has 0 saturated carbocycles. The fourth-order valence-corrected chi connectivity index (χ4v) is 0.919. The quantitative estimate of drug-likeness (QED) is 0.613. The van der Waals surface area contributed by atoms with E-state index in [4.69, 9.17) is 9.26 Å². The van der Waals surface area contributed by atoms with Crippen LogP contribution >= 0.6 is 0 Å². The minimum atomic E-state index is 0.593. The third-order valence-corrected chi connectivity index (χ3v) is 1.43. The minimum Gasteiger partial charge on any atom is -0.493 e. The molecule has 2 aromatic rings. The monoisotopic (exact) mass is 150 g/mol. The molecule has 0 atom stereocenters. The molecule has 0 aliphatic carbocycles. The van der Waals surface area contributed by atoms with Crippen LogP contribution in [0.25, 0.3) is 11.1 Å². The Labute approximate surface area is 62.8 Å². The van der Waals surface area contributed by atoms with E-state index < -0.39 is 0 Å². The Morgan fingerprint density at radius 3 is 3.27 bits per heavy atom. The molecular weight excluding hydrogens is 144 g/mol. The van der Waals surface area contributed by atoms with Crippen molar-refractivity contribution in [2.75, 3.05) is 7.11 Å². The highest BCUT2D eigenvalue weighted by Crippen LogP contribution is 2.21. The van der Waals surface area contributed by atoms with Crippen LogP contribution in [0.3, 0.4) is 0 Å². The Morgan fingerprint density at radius 2 is 2.45 bits per heavy atom. The molecular formula is C7H6N2O2. The SMILES string of the molecule is COc1ccnc2cnoc12. The summed E-state index contributed by atoms with van der Waals surface area (Å²) in [6.45, 7) is 0. The van der Waals surface area contributed by atoms with Gasteiger partial charge in [-0.05, 0) is 0 Å². The van der Waals surface area contributed by atoms with Crippen molar-refractivity contribution in [1.29, 1.82) is 0 Å². The first kappa shape index (κ1) is 6.15. The van der Waals surface area contributed by atoms with E-state index in [1.54, 1.807) is 25.6 Å². The fourth-order valence-electron chi connectivity index (χ4n) is 0.919. The van der Waals surface area contributed by atoms with Gasteiger partial charge in [0.2, 0.25) is 5.58 Å². The zero-order valence-corrected chi connectivity index (χ0v) is 5.94. The summed E-state index contributed by atoms with van der Waals surface area (Å²) < 4.78 is 9.91. The molecule has 0 N–H and O–H groups in total. The van der Waals surface area contributed by atoms with Gasteiger partial charge in [0.15, 0.2) is 5.75 Å². The summed E-state index contributed by atoms with van der Waals surface area (Å²) in [5.74, 6) is 0.660. The average molecular weight is 150 g/mol. The number of methoxy groups -OCH3 is 1. The van der Waals surface area contributed by atoms with Crippen LogP contribution < -0.4 is 4.74 Å². The van der Waals surface area contributed by atoms with Crippen molar-refractivity contribution in [3.8, 4) is 5.75 Å². The van der Waals surface area contributed by atoms with Gasteiger partial charge in [0.1, 0.15) is 5.52 Å².